The summed E-state index contributed by atoms with van der Waals surface area (Å²) in [4.78, 5) is 41.5. The number of urea groups is 1. The van der Waals surface area contributed by atoms with E-state index in [1.54, 1.807) is 50.3 Å². The number of nitrogens with zero attached hydrogens (tertiary/aromatic N) is 2. The fourth-order valence-corrected chi connectivity index (χ4v) is 3.88. The van der Waals surface area contributed by atoms with Crippen molar-refractivity contribution in [3.05, 3.63) is 65.7 Å². The monoisotopic (exact) mass is 453 g/mol. The van der Waals surface area contributed by atoms with Gasteiger partial charge in [-0.25, -0.2) is 4.79 Å². The van der Waals surface area contributed by atoms with Crippen LogP contribution in [0.2, 0.25) is 0 Å². The van der Waals surface area contributed by atoms with Crippen molar-refractivity contribution in [3.63, 3.8) is 0 Å². The Labute approximate surface area is 194 Å². The molecule has 8 heteroatoms. The Hall–Kier alpha value is -3.39. The number of imide groups is 1. The van der Waals surface area contributed by atoms with Crippen LogP contribution in [0.25, 0.3) is 0 Å². The molecular weight excluding hydrogens is 422 g/mol. The maximum Gasteiger partial charge on any atom is 0.325 e. The van der Waals surface area contributed by atoms with E-state index < -0.39 is 17.5 Å². The van der Waals surface area contributed by atoms with Crippen LogP contribution in [0.1, 0.15) is 24.5 Å². The third-order valence-corrected chi connectivity index (χ3v) is 5.89. The first-order chi connectivity index (χ1) is 15.9. The summed E-state index contributed by atoms with van der Waals surface area (Å²) in [6, 6.07) is 16.4. The number of amides is 4. The average Bonchev–Trinajstić information content (AvgIpc) is 3.05. The quantitative estimate of drug-likeness (QED) is 0.529. The highest BCUT2D eigenvalue weighted by atomic mass is 16.5. The van der Waals surface area contributed by atoms with Crippen molar-refractivity contribution >= 4 is 17.8 Å². The second-order valence-corrected chi connectivity index (χ2v) is 8.14. The van der Waals surface area contributed by atoms with Gasteiger partial charge < -0.3 is 19.7 Å². The van der Waals surface area contributed by atoms with Crippen LogP contribution in [-0.2, 0) is 26.3 Å². The van der Waals surface area contributed by atoms with Gasteiger partial charge in [-0.1, -0.05) is 42.5 Å². The van der Waals surface area contributed by atoms with Crippen LogP contribution in [0.3, 0.4) is 0 Å². The van der Waals surface area contributed by atoms with Crippen molar-refractivity contribution in [1.29, 1.82) is 0 Å². The van der Waals surface area contributed by atoms with Gasteiger partial charge in [-0.15, -0.1) is 0 Å². The van der Waals surface area contributed by atoms with Crippen molar-refractivity contribution in [2.75, 3.05) is 40.5 Å². The van der Waals surface area contributed by atoms with E-state index in [1.165, 1.54) is 5.56 Å². The zero-order chi connectivity index (χ0) is 23.8. The first kappa shape index (κ1) is 24.3. The van der Waals surface area contributed by atoms with E-state index in [2.05, 4.69) is 17.4 Å². The van der Waals surface area contributed by atoms with Crippen molar-refractivity contribution in [2.45, 2.75) is 25.3 Å². The number of benzene rings is 2. The molecule has 176 valence electrons. The first-order valence-corrected chi connectivity index (χ1v) is 11.0. The SMILES string of the molecule is COCCN(CCCc1ccccc1)C(=O)CN1C(=O)NC(C)(c2ccc(OC)cc2)C1=O. The van der Waals surface area contributed by atoms with Crippen molar-refractivity contribution < 1.29 is 23.9 Å². The molecule has 3 rings (SSSR count). The molecule has 1 unspecified atom stereocenters. The number of hydrogen-bond acceptors (Lipinski definition) is 5. The molecular formula is C25H31N3O5. The van der Waals surface area contributed by atoms with Crippen molar-refractivity contribution in [3.8, 4) is 5.75 Å². The number of rotatable bonds is 11. The summed E-state index contributed by atoms with van der Waals surface area (Å²) in [7, 11) is 3.13. The predicted molar refractivity (Wildman–Crippen MR) is 124 cm³/mol. The van der Waals surface area contributed by atoms with E-state index in [0.717, 1.165) is 17.7 Å². The van der Waals surface area contributed by atoms with Crippen LogP contribution in [0.5, 0.6) is 5.75 Å². The van der Waals surface area contributed by atoms with E-state index in [1.807, 2.05) is 18.2 Å². The Morgan fingerprint density at radius 2 is 1.73 bits per heavy atom. The number of carbonyl (C=O) groups is 3. The smallest absolute Gasteiger partial charge is 0.325 e. The number of hydrogen-bond donors (Lipinski definition) is 1. The van der Waals surface area contributed by atoms with Gasteiger partial charge in [0.2, 0.25) is 5.91 Å². The molecule has 1 heterocycles. The molecule has 1 N–H and O–H groups in total. The summed E-state index contributed by atoms with van der Waals surface area (Å²) in [5.41, 5.74) is 0.575. The van der Waals surface area contributed by atoms with Gasteiger partial charge >= 0.3 is 6.03 Å². The number of aryl methyl sites for hydroxylation is 1. The molecule has 1 aliphatic rings. The van der Waals surface area contributed by atoms with Gasteiger partial charge in [-0.3, -0.25) is 14.5 Å². The topological polar surface area (TPSA) is 88.2 Å². The van der Waals surface area contributed by atoms with Crippen molar-refractivity contribution in [2.24, 2.45) is 0 Å². The second-order valence-electron chi connectivity index (χ2n) is 8.14. The lowest BCUT2D eigenvalue weighted by Crippen LogP contribution is -2.45. The largest absolute Gasteiger partial charge is 0.497 e. The molecule has 2 aromatic carbocycles. The lowest BCUT2D eigenvalue weighted by Gasteiger charge is -2.25. The Bertz CT molecular complexity index is 964. The minimum Gasteiger partial charge on any atom is -0.497 e. The minimum absolute atomic E-state index is 0.289. The lowest BCUT2D eigenvalue weighted by atomic mass is 9.92. The summed E-state index contributed by atoms with van der Waals surface area (Å²) in [6.45, 7) is 2.61. The van der Waals surface area contributed by atoms with Crippen LogP contribution in [0, 0.1) is 0 Å². The van der Waals surface area contributed by atoms with Crippen LogP contribution in [-0.4, -0.2) is 68.1 Å². The highest BCUT2D eigenvalue weighted by Crippen LogP contribution is 2.30. The standard InChI is InChI=1S/C25H31N3O5/c1-25(20-11-13-21(33-3)14-12-20)23(30)28(24(31)26-25)18-22(29)27(16-17-32-2)15-7-10-19-8-5-4-6-9-19/h4-6,8-9,11-14H,7,10,15-18H2,1-3H3,(H,26,31). The maximum absolute atomic E-state index is 13.2. The zero-order valence-corrected chi connectivity index (χ0v) is 19.4. The molecule has 4 amide bonds. The minimum atomic E-state index is -1.24. The Kier molecular flexibility index (Phi) is 8.06. The Balaban J connectivity index is 1.66. The van der Waals surface area contributed by atoms with Gasteiger partial charge in [0.25, 0.3) is 5.91 Å². The second kappa shape index (κ2) is 11.0. The number of carbonyl (C=O) groups excluding carboxylic acids is 3. The molecule has 8 nitrogen and oxygen atoms in total. The summed E-state index contributed by atoms with van der Waals surface area (Å²) < 4.78 is 10.3. The van der Waals surface area contributed by atoms with Gasteiger partial charge in [0.15, 0.2) is 0 Å². The molecule has 1 fully saturated rings. The average molecular weight is 454 g/mol. The van der Waals surface area contributed by atoms with Gasteiger partial charge in [0.05, 0.1) is 13.7 Å². The van der Waals surface area contributed by atoms with E-state index in [9.17, 15) is 14.4 Å². The molecule has 2 aromatic rings. The third kappa shape index (κ3) is 5.70. The molecule has 0 radical (unpaired) electrons. The highest BCUT2D eigenvalue weighted by molar-refractivity contribution is 6.09. The fourth-order valence-electron chi connectivity index (χ4n) is 3.88. The van der Waals surface area contributed by atoms with Gasteiger partial charge in [-0.2, -0.15) is 0 Å². The summed E-state index contributed by atoms with van der Waals surface area (Å²) in [5.74, 6) is -0.0972. The van der Waals surface area contributed by atoms with Gasteiger partial charge in [0, 0.05) is 20.2 Å². The molecule has 1 saturated heterocycles. The van der Waals surface area contributed by atoms with Gasteiger partial charge in [-0.05, 0) is 43.0 Å². The number of methoxy groups -OCH3 is 2. The summed E-state index contributed by atoms with van der Waals surface area (Å²) in [6.07, 6.45) is 1.60. The van der Waals surface area contributed by atoms with E-state index in [-0.39, 0.29) is 12.5 Å². The molecule has 1 atom stereocenters. The molecule has 33 heavy (non-hydrogen) atoms. The third-order valence-electron chi connectivity index (χ3n) is 5.89. The van der Waals surface area contributed by atoms with E-state index >= 15 is 0 Å². The molecule has 0 aliphatic carbocycles. The number of nitrogens with one attached hydrogen (secondary N) is 1. The summed E-state index contributed by atoms with van der Waals surface area (Å²) in [5, 5.41) is 2.74. The first-order valence-electron chi connectivity index (χ1n) is 11.0. The van der Waals surface area contributed by atoms with Crippen LogP contribution >= 0.6 is 0 Å². The van der Waals surface area contributed by atoms with Crippen LogP contribution in [0.4, 0.5) is 4.79 Å². The van der Waals surface area contributed by atoms with E-state index in [4.69, 9.17) is 9.47 Å². The van der Waals surface area contributed by atoms with E-state index in [0.29, 0.717) is 31.0 Å². The Morgan fingerprint density at radius 3 is 2.36 bits per heavy atom. The Morgan fingerprint density at radius 1 is 1.03 bits per heavy atom. The molecule has 1 aliphatic heterocycles. The normalized spacial score (nSPS) is 17.7. The lowest BCUT2D eigenvalue weighted by molar-refractivity contribution is -0.139. The number of ether oxygens (including phenoxy) is 2. The molecule has 0 saturated carbocycles. The molecule has 0 aromatic heterocycles. The molecule has 0 spiro atoms. The zero-order valence-electron chi connectivity index (χ0n) is 19.4. The fraction of sp³-hybridized carbons (Fsp3) is 0.400. The molecule has 0 bridgehead atoms. The van der Waals surface area contributed by atoms with Gasteiger partial charge in [0.1, 0.15) is 17.8 Å². The van der Waals surface area contributed by atoms with Crippen molar-refractivity contribution in [1.82, 2.24) is 15.1 Å². The predicted octanol–water partition coefficient (Wildman–Crippen LogP) is 2.57. The highest BCUT2D eigenvalue weighted by Gasteiger charge is 2.49. The van der Waals surface area contributed by atoms with Crippen LogP contribution in [0.15, 0.2) is 54.6 Å². The van der Waals surface area contributed by atoms with Crippen LogP contribution < -0.4 is 10.1 Å². The maximum atomic E-state index is 13.2. The summed E-state index contributed by atoms with van der Waals surface area (Å²) >= 11 is 0.